The first-order valence-corrected chi connectivity index (χ1v) is 21.2. The number of ether oxygens (including phenoxy) is 2. The number of anilines is 3. The number of carboxylic acids is 2. The molecule has 2 heterocycles. The van der Waals surface area contributed by atoms with Gasteiger partial charge in [0, 0.05) is 47.8 Å². The molecular formula is C47H44N3O8S2+. The van der Waals surface area contributed by atoms with Gasteiger partial charge in [0.15, 0.2) is 6.54 Å². The van der Waals surface area contributed by atoms with Crippen LogP contribution in [0.15, 0.2) is 142 Å². The smallest absolute Gasteiger partial charge is 0.338 e. The van der Waals surface area contributed by atoms with Gasteiger partial charge in [-0.3, -0.25) is 9.59 Å². The van der Waals surface area contributed by atoms with Crippen molar-refractivity contribution in [2.24, 2.45) is 0 Å². The molecular weight excluding hydrogens is 799 g/mol. The number of aromatic nitrogens is 1. The van der Waals surface area contributed by atoms with Crippen molar-refractivity contribution in [1.29, 1.82) is 0 Å². The average Bonchev–Trinajstić information content (AvgIpc) is 3.94. The Morgan fingerprint density at radius 2 is 1.40 bits per heavy atom. The largest absolute Gasteiger partial charge is 0.481 e. The van der Waals surface area contributed by atoms with Crippen molar-refractivity contribution < 1.29 is 43.4 Å². The molecule has 1 aliphatic heterocycles. The zero-order valence-corrected chi connectivity index (χ0v) is 34.8. The van der Waals surface area contributed by atoms with Gasteiger partial charge < -0.3 is 29.5 Å². The lowest BCUT2D eigenvalue weighted by Gasteiger charge is -2.28. The Morgan fingerprint density at radius 1 is 0.767 bits per heavy atom. The third-order valence-electron chi connectivity index (χ3n) is 10.2. The highest BCUT2D eigenvalue weighted by atomic mass is 32.2. The van der Waals surface area contributed by atoms with Crippen LogP contribution in [0, 0.1) is 0 Å². The van der Waals surface area contributed by atoms with E-state index in [0.717, 1.165) is 71.9 Å². The molecule has 0 radical (unpaired) electrons. The lowest BCUT2D eigenvalue weighted by atomic mass is 10.1. The van der Waals surface area contributed by atoms with Crippen LogP contribution >= 0.6 is 23.1 Å². The summed E-state index contributed by atoms with van der Waals surface area (Å²) in [6, 6.07) is 31.3. The summed E-state index contributed by atoms with van der Waals surface area (Å²) in [5.74, 6) is -2.62. The number of fused-ring (bicyclic) bond motifs is 2. The molecule has 0 spiro atoms. The number of carbonyl (C=O) groups excluding carboxylic acids is 2. The Balaban J connectivity index is 1.34. The standard InChI is InChI=1S/C47H43N3O8S2/c1-57-46(55)33-19-23-39-37(29-33)48(27-9-15-43(51)52)41(59-39)25-21-31-17-18-32(45(31)50(35-11-5-3-6-12-35)36-13-7-4-8-14-36)22-26-42-49(28-10-16-44(53)54)38-30-34(47(56)58-2)20-24-40(38)60-42/h3-8,11-14,19-26,29-30H,9-10,15-18,27-28H2,1-2H3,(H-,51,52,53,54)/p+1. The molecule has 11 nitrogen and oxygen atoms in total. The summed E-state index contributed by atoms with van der Waals surface area (Å²) >= 11 is 3.15. The van der Waals surface area contributed by atoms with E-state index < -0.39 is 23.9 Å². The van der Waals surface area contributed by atoms with E-state index in [9.17, 15) is 29.4 Å². The van der Waals surface area contributed by atoms with E-state index in [1.54, 1.807) is 47.4 Å². The molecule has 306 valence electrons. The topological polar surface area (TPSA) is 138 Å². The van der Waals surface area contributed by atoms with Crippen molar-refractivity contribution in [2.75, 3.05) is 30.6 Å². The number of aryl methyl sites for hydroxylation is 1. The fourth-order valence-electron chi connectivity index (χ4n) is 7.41. The number of benzene rings is 4. The number of carboxylic acid groups (broad SMARTS) is 2. The van der Waals surface area contributed by atoms with E-state index in [4.69, 9.17) is 9.47 Å². The van der Waals surface area contributed by atoms with E-state index >= 15 is 0 Å². The van der Waals surface area contributed by atoms with Crippen LogP contribution < -0.4 is 14.4 Å². The fourth-order valence-corrected chi connectivity index (χ4v) is 9.55. The van der Waals surface area contributed by atoms with Gasteiger partial charge in [-0.1, -0.05) is 65.6 Å². The van der Waals surface area contributed by atoms with Crippen LogP contribution in [0.2, 0.25) is 0 Å². The summed E-state index contributed by atoms with van der Waals surface area (Å²) in [5, 5.41) is 20.7. The third-order valence-corrected chi connectivity index (χ3v) is 12.5. The number of aliphatic carboxylic acids is 2. The summed E-state index contributed by atoms with van der Waals surface area (Å²) in [7, 11) is 2.70. The van der Waals surface area contributed by atoms with E-state index in [1.807, 2.05) is 48.5 Å². The lowest BCUT2D eigenvalue weighted by molar-refractivity contribution is -0.669. The molecule has 1 aromatic heterocycles. The van der Waals surface area contributed by atoms with Gasteiger partial charge in [-0.2, -0.15) is 4.57 Å². The van der Waals surface area contributed by atoms with E-state index in [0.29, 0.717) is 37.1 Å². The van der Waals surface area contributed by atoms with Crippen molar-refractivity contribution in [3.63, 3.8) is 0 Å². The van der Waals surface area contributed by atoms with Gasteiger partial charge in [0.2, 0.25) is 5.52 Å². The lowest BCUT2D eigenvalue weighted by Crippen LogP contribution is -2.35. The maximum Gasteiger partial charge on any atom is 0.338 e. The summed E-state index contributed by atoms with van der Waals surface area (Å²) in [6.07, 6.45) is 10.8. The van der Waals surface area contributed by atoms with Crippen molar-refractivity contribution >= 4 is 80.3 Å². The number of allylic oxidation sites excluding steroid dienone is 5. The van der Waals surface area contributed by atoms with Crippen molar-refractivity contribution in [3.8, 4) is 0 Å². The first kappa shape index (κ1) is 41.7. The van der Waals surface area contributed by atoms with E-state index in [-0.39, 0.29) is 12.8 Å². The molecule has 2 aliphatic rings. The summed E-state index contributed by atoms with van der Waals surface area (Å²) < 4.78 is 13.0. The number of thioether (sulfide) groups is 1. The van der Waals surface area contributed by atoms with Crippen molar-refractivity contribution in [2.45, 2.75) is 50.0 Å². The Kier molecular flexibility index (Phi) is 13.3. The summed E-state index contributed by atoms with van der Waals surface area (Å²) in [6.45, 7) is 0.900. The van der Waals surface area contributed by atoms with Crippen molar-refractivity contribution in [1.82, 2.24) is 0 Å². The number of hydrogen-bond donors (Lipinski definition) is 2. The highest BCUT2D eigenvalue weighted by Crippen LogP contribution is 2.48. The normalized spacial score (nSPS) is 15.0. The second-order valence-electron chi connectivity index (χ2n) is 14.1. The number of rotatable bonds is 16. The second-order valence-corrected chi connectivity index (χ2v) is 16.2. The minimum Gasteiger partial charge on any atom is -0.481 e. The summed E-state index contributed by atoms with van der Waals surface area (Å²) in [5.41, 5.74) is 7.70. The molecule has 0 bridgehead atoms. The number of para-hydroxylation sites is 2. The number of thiazole rings is 1. The van der Waals surface area contributed by atoms with Gasteiger partial charge in [0.05, 0.1) is 48.2 Å². The molecule has 0 amide bonds. The minimum absolute atomic E-state index is 0.0130. The van der Waals surface area contributed by atoms with Crippen LogP contribution in [-0.2, 0) is 25.6 Å². The van der Waals surface area contributed by atoms with Crippen LogP contribution in [0.4, 0.5) is 17.1 Å². The number of carbonyl (C=O) groups is 4. The zero-order valence-electron chi connectivity index (χ0n) is 33.2. The molecule has 13 heteroatoms. The average molecular weight is 843 g/mol. The number of hydrogen-bond acceptors (Lipinski definition) is 10. The van der Waals surface area contributed by atoms with Gasteiger partial charge >= 0.3 is 23.9 Å². The molecule has 0 saturated heterocycles. The van der Waals surface area contributed by atoms with Crippen molar-refractivity contribution in [3.05, 3.63) is 153 Å². The van der Waals surface area contributed by atoms with Gasteiger partial charge in [-0.25, -0.2) is 9.59 Å². The van der Waals surface area contributed by atoms with Crippen LogP contribution in [0.5, 0.6) is 0 Å². The maximum absolute atomic E-state index is 12.5. The molecule has 7 rings (SSSR count). The molecule has 1 aliphatic carbocycles. The van der Waals surface area contributed by atoms with E-state index in [1.165, 1.54) is 14.2 Å². The quantitative estimate of drug-likeness (QED) is 0.0726. The minimum atomic E-state index is -0.867. The molecule has 0 saturated carbocycles. The number of esters is 2. The third kappa shape index (κ3) is 9.38. The molecule has 0 atom stereocenters. The van der Waals surface area contributed by atoms with Crippen LogP contribution in [-0.4, -0.2) is 54.9 Å². The van der Waals surface area contributed by atoms with Gasteiger partial charge in [-0.15, -0.1) is 0 Å². The first-order valence-electron chi connectivity index (χ1n) is 19.5. The van der Waals surface area contributed by atoms with Gasteiger partial charge in [0.25, 0.3) is 5.01 Å². The molecule has 5 aromatic rings. The maximum atomic E-state index is 12.5. The van der Waals surface area contributed by atoms with Crippen LogP contribution in [0.25, 0.3) is 16.3 Å². The zero-order chi connectivity index (χ0) is 42.2. The Labute approximate surface area is 356 Å². The number of methoxy groups -OCH3 is 2. The fraction of sp³-hybridized carbons (Fsp3) is 0.213. The molecule has 60 heavy (non-hydrogen) atoms. The first-order chi connectivity index (χ1) is 29.1. The highest BCUT2D eigenvalue weighted by Gasteiger charge is 2.29. The SMILES string of the molecule is COC(=O)c1ccc2c(c1)N(CCCC(=O)O)C(=CC=C1CCC(C=Cc3sc4ccc(C(=O)OC)cc4[n+]3CCCC(=O)O)=C1N(c1ccccc1)c1ccccc1)S2. The Bertz CT molecular complexity index is 2520. The van der Waals surface area contributed by atoms with Crippen LogP contribution in [0.1, 0.15) is 64.2 Å². The van der Waals surface area contributed by atoms with Gasteiger partial charge in [0.1, 0.15) is 4.70 Å². The predicted molar refractivity (Wildman–Crippen MR) is 235 cm³/mol. The summed E-state index contributed by atoms with van der Waals surface area (Å²) in [4.78, 5) is 53.3. The highest BCUT2D eigenvalue weighted by molar-refractivity contribution is 8.03. The molecule has 0 fully saturated rings. The molecule has 0 unspecified atom stereocenters. The Morgan fingerprint density at radius 3 is 2.05 bits per heavy atom. The number of nitrogens with zero attached hydrogens (tertiary/aromatic N) is 3. The Hall–Kier alpha value is -6.44. The monoisotopic (exact) mass is 842 g/mol. The molecule has 2 N–H and O–H groups in total. The van der Waals surface area contributed by atoms with Gasteiger partial charge in [-0.05, 0) is 97.2 Å². The molecule has 4 aromatic carbocycles. The predicted octanol–water partition coefficient (Wildman–Crippen LogP) is 9.77. The van der Waals surface area contributed by atoms with Crippen LogP contribution in [0.3, 0.4) is 0 Å². The van der Waals surface area contributed by atoms with E-state index in [2.05, 4.69) is 62.9 Å². The second kappa shape index (κ2) is 19.1.